The van der Waals surface area contributed by atoms with E-state index >= 15 is 0 Å². The van der Waals surface area contributed by atoms with Crippen molar-refractivity contribution in [2.45, 2.75) is 110 Å². The van der Waals surface area contributed by atoms with Crippen molar-refractivity contribution in [1.82, 2.24) is 15.5 Å². The van der Waals surface area contributed by atoms with Crippen molar-refractivity contribution in [3.05, 3.63) is 29.8 Å². The molecular weight excluding hydrogens is 488 g/mol. The number of para-hydroxylation sites is 1. The zero-order valence-corrected chi connectivity index (χ0v) is 23.7. The van der Waals surface area contributed by atoms with Gasteiger partial charge in [0.1, 0.15) is 23.4 Å². The number of benzene rings is 1. The number of nitrogens with two attached hydrogens (primary N) is 1. The molecule has 1 aromatic carbocycles. The first kappa shape index (κ1) is 32.7. The fourth-order valence-electron chi connectivity index (χ4n) is 4.01. The van der Waals surface area contributed by atoms with Crippen LogP contribution in [0.3, 0.4) is 0 Å². The summed E-state index contributed by atoms with van der Waals surface area (Å²) >= 11 is 0. The summed E-state index contributed by atoms with van der Waals surface area (Å²) in [7, 11) is 0. The van der Waals surface area contributed by atoms with E-state index in [0.29, 0.717) is 6.42 Å². The van der Waals surface area contributed by atoms with Crippen LogP contribution < -0.4 is 16.4 Å². The maximum atomic E-state index is 13.9. The van der Waals surface area contributed by atoms with Gasteiger partial charge >= 0.3 is 6.09 Å². The highest BCUT2D eigenvalue weighted by atomic mass is 16.6. The number of unbranched alkanes of at least 4 members (excludes halogenated alkanes) is 5. The quantitative estimate of drug-likeness (QED) is 0.250. The van der Waals surface area contributed by atoms with Crippen molar-refractivity contribution in [3.8, 4) is 5.75 Å². The van der Waals surface area contributed by atoms with Gasteiger partial charge in [0, 0.05) is 18.2 Å². The second kappa shape index (κ2) is 15.8. The summed E-state index contributed by atoms with van der Waals surface area (Å²) in [5.41, 5.74) is 4.82. The van der Waals surface area contributed by atoms with Crippen LogP contribution in [0.2, 0.25) is 0 Å². The fraction of sp³-hybridized carbons (Fsp3) is 0.643. The predicted molar refractivity (Wildman–Crippen MR) is 146 cm³/mol. The predicted octanol–water partition coefficient (Wildman–Crippen LogP) is 3.92. The van der Waals surface area contributed by atoms with E-state index in [1.54, 1.807) is 52.8 Å². The third-order valence-corrected chi connectivity index (χ3v) is 5.65. The Morgan fingerprint density at radius 2 is 1.61 bits per heavy atom. The Bertz CT molecular complexity index is 928. The molecule has 0 spiro atoms. The van der Waals surface area contributed by atoms with E-state index in [0.717, 1.165) is 32.1 Å². The number of phenolic OH excluding ortho intramolecular Hbond substituents is 1. The first-order chi connectivity index (χ1) is 17.8. The molecule has 10 nitrogen and oxygen atoms in total. The lowest BCUT2D eigenvalue weighted by molar-refractivity contribution is -0.143. The van der Waals surface area contributed by atoms with Gasteiger partial charge in [0.25, 0.3) is 0 Å². The smallest absolute Gasteiger partial charge is 0.408 e. The van der Waals surface area contributed by atoms with Crippen molar-refractivity contribution in [3.63, 3.8) is 0 Å². The Kier molecular flexibility index (Phi) is 13.6. The number of hydrogen-bond donors (Lipinski definition) is 4. The molecule has 10 heteroatoms. The molecule has 0 aromatic heterocycles. The number of primary amides is 1. The molecular formula is C28H46N4O6. The van der Waals surface area contributed by atoms with E-state index in [1.807, 2.05) is 0 Å². The van der Waals surface area contributed by atoms with Crippen LogP contribution in [0, 0.1) is 0 Å². The van der Waals surface area contributed by atoms with Crippen LogP contribution in [0.25, 0.3) is 0 Å². The summed E-state index contributed by atoms with van der Waals surface area (Å²) in [4.78, 5) is 53.1. The molecule has 0 radical (unpaired) electrons. The number of hydrogen-bond acceptors (Lipinski definition) is 6. The Balaban J connectivity index is 3.44. The van der Waals surface area contributed by atoms with Gasteiger partial charge in [-0.05, 0) is 47.1 Å². The van der Waals surface area contributed by atoms with Crippen molar-refractivity contribution in [2.24, 2.45) is 5.73 Å². The molecule has 1 aromatic rings. The van der Waals surface area contributed by atoms with Crippen molar-refractivity contribution in [2.75, 3.05) is 6.54 Å². The number of alkyl carbamates (subject to hydrolysis) is 1. The average molecular weight is 535 g/mol. The number of rotatable bonds is 15. The molecule has 5 N–H and O–H groups in total. The van der Waals surface area contributed by atoms with Crippen LogP contribution in [0.5, 0.6) is 5.75 Å². The van der Waals surface area contributed by atoms with Gasteiger partial charge in [-0.15, -0.1) is 0 Å². The molecule has 38 heavy (non-hydrogen) atoms. The van der Waals surface area contributed by atoms with Crippen molar-refractivity contribution in [1.29, 1.82) is 0 Å². The first-order valence-electron chi connectivity index (χ1n) is 13.4. The third kappa shape index (κ3) is 11.8. The van der Waals surface area contributed by atoms with E-state index in [4.69, 9.17) is 10.5 Å². The SMILES string of the molecule is CCCCCCCCN(C(=O)C(CC(N)=O)NC(=O)OC(C)(C)C)C(C(=O)NC(C)C)c1ccccc1O. The maximum absolute atomic E-state index is 13.9. The molecule has 0 bridgehead atoms. The minimum atomic E-state index is -1.36. The van der Waals surface area contributed by atoms with Crippen LogP contribution in [-0.4, -0.2) is 58.1 Å². The Labute approximate surface area is 226 Å². The van der Waals surface area contributed by atoms with Gasteiger partial charge in [-0.2, -0.15) is 0 Å². The minimum absolute atomic E-state index is 0.149. The van der Waals surface area contributed by atoms with Gasteiger partial charge in [0.15, 0.2) is 0 Å². The molecule has 0 aliphatic carbocycles. The van der Waals surface area contributed by atoms with Crippen molar-refractivity contribution >= 4 is 23.8 Å². The van der Waals surface area contributed by atoms with Gasteiger partial charge in [0.2, 0.25) is 17.7 Å². The molecule has 0 heterocycles. The molecule has 0 aliphatic heterocycles. The average Bonchev–Trinajstić information content (AvgIpc) is 2.78. The van der Waals surface area contributed by atoms with Crippen LogP contribution in [0.4, 0.5) is 4.79 Å². The molecule has 0 saturated carbocycles. The zero-order valence-electron chi connectivity index (χ0n) is 23.7. The standard InChI is InChI=1S/C28H46N4O6/c1-7-8-9-10-11-14-17-32(24(25(35)30-19(2)3)20-15-12-13-16-22(20)33)26(36)21(18-23(29)34)31-27(37)38-28(4,5)6/h12-13,15-16,19,21,24,33H,7-11,14,17-18H2,1-6H3,(H2,29,34)(H,30,35)(H,31,37). The summed E-state index contributed by atoms with van der Waals surface area (Å²) in [6.07, 6.45) is 4.28. The lowest BCUT2D eigenvalue weighted by Gasteiger charge is -2.35. The summed E-state index contributed by atoms with van der Waals surface area (Å²) in [6.45, 7) is 10.9. The van der Waals surface area contributed by atoms with Gasteiger partial charge in [-0.3, -0.25) is 14.4 Å². The lowest BCUT2D eigenvalue weighted by Crippen LogP contribution is -2.54. The number of nitrogens with zero attached hydrogens (tertiary/aromatic N) is 1. The topological polar surface area (TPSA) is 151 Å². The summed E-state index contributed by atoms with van der Waals surface area (Å²) in [6, 6.07) is 3.52. The normalized spacial score (nSPS) is 12.9. The number of ether oxygens (including phenoxy) is 1. The Morgan fingerprint density at radius 1 is 1.00 bits per heavy atom. The van der Waals surface area contributed by atoms with Gasteiger partial charge in [-0.1, -0.05) is 57.2 Å². The third-order valence-electron chi connectivity index (χ3n) is 5.65. The summed E-state index contributed by atoms with van der Waals surface area (Å²) < 4.78 is 5.29. The molecule has 214 valence electrons. The van der Waals surface area contributed by atoms with Gasteiger partial charge in [-0.25, -0.2) is 4.79 Å². The van der Waals surface area contributed by atoms with E-state index < -0.39 is 47.9 Å². The number of aromatic hydroxyl groups is 1. The largest absolute Gasteiger partial charge is 0.508 e. The molecule has 0 saturated heterocycles. The second-order valence-corrected chi connectivity index (χ2v) is 10.8. The maximum Gasteiger partial charge on any atom is 0.408 e. The number of amides is 4. The molecule has 2 atom stereocenters. The van der Waals surface area contributed by atoms with E-state index in [9.17, 15) is 24.3 Å². The highest BCUT2D eigenvalue weighted by Crippen LogP contribution is 2.30. The van der Waals surface area contributed by atoms with Crippen LogP contribution in [-0.2, 0) is 19.1 Å². The van der Waals surface area contributed by atoms with Crippen LogP contribution >= 0.6 is 0 Å². The Morgan fingerprint density at radius 3 is 2.16 bits per heavy atom. The highest BCUT2D eigenvalue weighted by molar-refractivity contribution is 5.94. The molecule has 0 aliphatic rings. The van der Waals surface area contributed by atoms with E-state index in [2.05, 4.69) is 17.6 Å². The molecule has 4 amide bonds. The summed E-state index contributed by atoms with van der Waals surface area (Å²) in [5, 5.41) is 15.9. The Hall–Kier alpha value is -3.30. The lowest BCUT2D eigenvalue weighted by atomic mass is 10.00. The molecule has 0 fully saturated rings. The number of nitrogens with one attached hydrogen (secondary N) is 2. The van der Waals surface area contributed by atoms with Gasteiger partial charge in [0.05, 0.1) is 6.42 Å². The number of carbonyl (C=O) groups excluding carboxylic acids is 4. The van der Waals surface area contributed by atoms with E-state index in [-0.39, 0.29) is 23.9 Å². The number of phenols is 1. The first-order valence-corrected chi connectivity index (χ1v) is 13.4. The summed E-state index contributed by atoms with van der Waals surface area (Å²) in [5.74, 6) is -2.11. The highest BCUT2D eigenvalue weighted by Gasteiger charge is 2.38. The fourth-order valence-corrected chi connectivity index (χ4v) is 4.01. The van der Waals surface area contributed by atoms with E-state index in [1.165, 1.54) is 11.0 Å². The second-order valence-electron chi connectivity index (χ2n) is 10.8. The minimum Gasteiger partial charge on any atom is -0.508 e. The van der Waals surface area contributed by atoms with Crippen molar-refractivity contribution < 1.29 is 29.0 Å². The number of carbonyl (C=O) groups is 4. The van der Waals surface area contributed by atoms with Gasteiger partial charge < -0.3 is 31.1 Å². The zero-order chi connectivity index (χ0) is 28.9. The van der Waals surface area contributed by atoms with Crippen LogP contribution in [0.1, 0.15) is 98.1 Å². The molecule has 2 unspecified atom stereocenters. The monoisotopic (exact) mass is 534 g/mol. The molecule has 1 rings (SSSR count). The van der Waals surface area contributed by atoms with Crippen LogP contribution in [0.15, 0.2) is 24.3 Å².